The van der Waals surface area contributed by atoms with E-state index >= 15 is 0 Å². The minimum absolute atomic E-state index is 0.0481. The van der Waals surface area contributed by atoms with Crippen LogP contribution in [-0.4, -0.2) is 39.7 Å². The Morgan fingerprint density at radius 1 is 1.35 bits per heavy atom. The molecule has 0 saturated heterocycles. The van der Waals surface area contributed by atoms with E-state index in [0.29, 0.717) is 5.69 Å². The van der Waals surface area contributed by atoms with Gasteiger partial charge in [-0.05, 0) is 32.3 Å². The lowest BCUT2D eigenvalue weighted by Crippen LogP contribution is -2.15. The molecule has 0 aliphatic heterocycles. The molecule has 5 nitrogen and oxygen atoms in total. The molecule has 0 fully saturated rings. The standard InChI is InChI=1S/C10H17N3O2S2/c1-13(2)5-6-16-10-4-3-8(7-9(10)11)17(12,14)15/h3-4,7H,5-6,11H2,1-2H3,(H2,12,14,15). The molecule has 0 aromatic heterocycles. The third-order valence-electron chi connectivity index (χ3n) is 2.11. The lowest BCUT2D eigenvalue weighted by Gasteiger charge is -2.10. The Morgan fingerprint density at radius 2 is 2.00 bits per heavy atom. The zero-order valence-electron chi connectivity index (χ0n) is 9.88. The fourth-order valence-electron chi connectivity index (χ4n) is 1.17. The Bertz CT molecular complexity index is 486. The third kappa shape index (κ3) is 4.55. The van der Waals surface area contributed by atoms with E-state index in [0.717, 1.165) is 17.2 Å². The Balaban J connectivity index is 2.77. The molecule has 0 unspecified atom stereocenters. The van der Waals surface area contributed by atoms with Gasteiger partial charge in [-0.25, -0.2) is 13.6 Å². The van der Waals surface area contributed by atoms with Crippen molar-refractivity contribution in [2.24, 2.45) is 5.14 Å². The molecule has 1 aromatic rings. The Labute approximate surface area is 106 Å². The average Bonchev–Trinajstić information content (AvgIpc) is 2.18. The van der Waals surface area contributed by atoms with E-state index in [1.165, 1.54) is 12.1 Å². The molecule has 0 atom stereocenters. The van der Waals surface area contributed by atoms with Crippen LogP contribution in [0.5, 0.6) is 0 Å². The van der Waals surface area contributed by atoms with Crippen molar-refractivity contribution in [3.05, 3.63) is 18.2 Å². The summed E-state index contributed by atoms with van der Waals surface area (Å²) in [5, 5.41) is 5.02. The molecule has 0 aliphatic carbocycles. The minimum atomic E-state index is -3.67. The highest BCUT2D eigenvalue weighted by Gasteiger charge is 2.10. The maximum atomic E-state index is 11.1. The van der Waals surface area contributed by atoms with E-state index in [4.69, 9.17) is 10.9 Å². The van der Waals surface area contributed by atoms with Gasteiger partial charge in [0.05, 0.1) is 4.90 Å². The highest BCUT2D eigenvalue weighted by atomic mass is 32.2. The Kier molecular flexibility index (Phi) is 4.81. The first-order valence-electron chi connectivity index (χ1n) is 5.00. The zero-order chi connectivity index (χ0) is 13.1. The van der Waals surface area contributed by atoms with Gasteiger partial charge < -0.3 is 10.6 Å². The lowest BCUT2D eigenvalue weighted by atomic mass is 10.3. The molecule has 1 aromatic carbocycles. The predicted octanol–water partition coefficient (Wildman–Crippen LogP) is 0.570. The molecule has 1 rings (SSSR count). The fraction of sp³-hybridized carbons (Fsp3) is 0.400. The first-order valence-corrected chi connectivity index (χ1v) is 7.54. The molecular weight excluding hydrogens is 258 g/mol. The SMILES string of the molecule is CN(C)CCSc1ccc(S(N)(=O)=O)cc1N. The van der Waals surface area contributed by atoms with Crippen LogP contribution in [0.15, 0.2) is 28.0 Å². The summed E-state index contributed by atoms with van der Waals surface area (Å²) >= 11 is 1.59. The quantitative estimate of drug-likeness (QED) is 0.606. The average molecular weight is 275 g/mol. The van der Waals surface area contributed by atoms with Crippen LogP contribution in [0.2, 0.25) is 0 Å². The van der Waals surface area contributed by atoms with Crippen molar-refractivity contribution in [2.45, 2.75) is 9.79 Å². The maximum absolute atomic E-state index is 11.1. The number of nitrogen functional groups attached to an aromatic ring is 1. The number of anilines is 1. The molecular formula is C10H17N3O2S2. The fourth-order valence-corrected chi connectivity index (χ4v) is 2.79. The van der Waals surface area contributed by atoms with Gasteiger partial charge in [0.15, 0.2) is 0 Å². The monoisotopic (exact) mass is 275 g/mol. The van der Waals surface area contributed by atoms with E-state index in [9.17, 15) is 8.42 Å². The number of rotatable bonds is 5. The number of nitrogens with zero attached hydrogens (tertiary/aromatic N) is 1. The van der Waals surface area contributed by atoms with E-state index in [1.54, 1.807) is 17.8 Å². The molecule has 0 saturated carbocycles. The van der Waals surface area contributed by atoms with Crippen molar-refractivity contribution in [2.75, 3.05) is 32.1 Å². The third-order valence-corrected chi connectivity index (χ3v) is 4.09. The highest BCUT2D eigenvalue weighted by Crippen LogP contribution is 2.26. The highest BCUT2D eigenvalue weighted by molar-refractivity contribution is 7.99. The number of benzene rings is 1. The van der Waals surface area contributed by atoms with Gasteiger partial charge in [-0.2, -0.15) is 0 Å². The van der Waals surface area contributed by atoms with Gasteiger partial charge >= 0.3 is 0 Å². The van der Waals surface area contributed by atoms with E-state index in [-0.39, 0.29) is 4.90 Å². The number of hydrogen-bond donors (Lipinski definition) is 2. The van der Waals surface area contributed by atoms with E-state index in [1.807, 2.05) is 14.1 Å². The predicted molar refractivity (Wildman–Crippen MR) is 71.5 cm³/mol. The van der Waals surface area contributed by atoms with Crippen LogP contribution in [0, 0.1) is 0 Å². The van der Waals surface area contributed by atoms with Gasteiger partial charge in [-0.3, -0.25) is 0 Å². The summed E-state index contributed by atoms with van der Waals surface area (Å²) in [5.41, 5.74) is 6.23. The molecule has 0 bridgehead atoms. The molecule has 0 aliphatic rings. The van der Waals surface area contributed by atoms with Gasteiger partial charge in [0.1, 0.15) is 0 Å². The number of primary sulfonamides is 1. The van der Waals surface area contributed by atoms with Gasteiger partial charge in [0.2, 0.25) is 10.0 Å². The van der Waals surface area contributed by atoms with Crippen LogP contribution in [-0.2, 0) is 10.0 Å². The van der Waals surface area contributed by atoms with Crippen LogP contribution >= 0.6 is 11.8 Å². The molecule has 0 amide bonds. The van der Waals surface area contributed by atoms with Crippen LogP contribution in [0.4, 0.5) is 5.69 Å². The minimum Gasteiger partial charge on any atom is -0.398 e. The first kappa shape index (κ1) is 14.3. The summed E-state index contributed by atoms with van der Waals surface area (Å²) in [7, 11) is 0.315. The summed E-state index contributed by atoms with van der Waals surface area (Å²) in [5.74, 6) is 0.895. The second-order valence-electron chi connectivity index (χ2n) is 3.90. The van der Waals surface area contributed by atoms with E-state index < -0.39 is 10.0 Å². The lowest BCUT2D eigenvalue weighted by molar-refractivity contribution is 0.437. The number of sulfonamides is 1. The van der Waals surface area contributed by atoms with Crippen molar-refractivity contribution in [3.8, 4) is 0 Å². The van der Waals surface area contributed by atoms with Gasteiger partial charge in [-0.1, -0.05) is 0 Å². The Morgan fingerprint density at radius 3 is 2.47 bits per heavy atom. The summed E-state index contributed by atoms with van der Waals surface area (Å²) in [6.07, 6.45) is 0. The van der Waals surface area contributed by atoms with Crippen LogP contribution < -0.4 is 10.9 Å². The van der Waals surface area contributed by atoms with Crippen molar-refractivity contribution in [1.82, 2.24) is 4.90 Å². The molecule has 7 heteroatoms. The van der Waals surface area contributed by atoms with Crippen LogP contribution in [0.3, 0.4) is 0 Å². The molecule has 0 spiro atoms. The second-order valence-corrected chi connectivity index (χ2v) is 6.59. The normalized spacial score (nSPS) is 12.0. The summed E-state index contributed by atoms with van der Waals surface area (Å²) in [6.45, 7) is 0.932. The second kappa shape index (κ2) is 5.72. The van der Waals surface area contributed by atoms with Crippen LogP contribution in [0.1, 0.15) is 0 Å². The summed E-state index contributed by atoms with van der Waals surface area (Å²) in [4.78, 5) is 2.99. The van der Waals surface area contributed by atoms with Gasteiger partial charge in [-0.15, -0.1) is 11.8 Å². The van der Waals surface area contributed by atoms with Gasteiger partial charge in [0, 0.05) is 22.9 Å². The maximum Gasteiger partial charge on any atom is 0.238 e. The number of thioether (sulfide) groups is 1. The molecule has 96 valence electrons. The Hall–Kier alpha value is -0.760. The smallest absolute Gasteiger partial charge is 0.238 e. The molecule has 0 radical (unpaired) electrons. The van der Waals surface area contributed by atoms with Crippen molar-refractivity contribution < 1.29 is 8.42 Å². The molecule has 17 heavy (non-hydrogen) atoms. The first-order chi connectivity index (χ1) is 7.80. The molecule has 0 heterocycles. The van der Waals surface area contributed by atoms with E-state index in [2.05, 4.69) is 4.90 Å². The topological polar surface area (TPSA) is 89.4 Å². The van der Waals surface area contributed by atoms with Crippen LogP contribution in [0.25, 0.3) is 0 Å². The van der Waals surface area contributed by atoms with Gasteiger partial charge in [0.25, 0.3) is 0 Å². The van der Waals surface area contributed by atoms with Crippen molar-refractivity contribution >= 4 is 27.5 Å². The summed E-state index contributed by atoms with van der Waals surface area (Å²) in [6, 6.07) is 4.56. The number of nitrogens with two attached hydrogens (primary N) is 2. The zero-order valence-corrected chi connectivity index (χ0v) is 11.5. The summed E-state index contributed by atoms with van der Waals surface area (Å²) < 4.78 is 22.2. The van der Waals surface area contributed by atoms with Crippen molar-refractivity contribution in [3.63, 3.8) is 0 Å². The number of hydrogen-bond acceptors (Lipinski definition) is 5. The van der Waals surface area contributed by atoms with Crippen molar-refractivity contribution in [1.29, 1.82) is 0 Å². The molecule has 4 N–H and O–H groups in total. The largest absolute Gasteiger partial charge is 0.398 e.